The van der Waals surface area contributed by atoms with E-state index in [4.69, 9.17) is 4.74 Å². The normalized spacial score (nSPS) is 11.5. The SMILES string of the molecule is [CH2]c1cc(Cc2ccc(OCCN(C(C)C)C(C)C)cc2)ccc1O. The summed E-state index contributed by atoms with van der Waals surface area (Å²) in [5, 5.41) is 9.55. The molecule has 0 bridgehead atoms. The molecule has 0 aliphatic heterocycles. The molecule has 0 saturated carbocycles. The summed E-state index contributed by atoms with van der Waals surface area (Å²) in [4.78, 5) is 2.43. The zero-order chi connectivity index (χ0) is 18.4. The third-order valence-corrected chi connectivity index (χ3v) is 4.42. The van der Waals surface area contributed by atoms with Crippen LogP contribution in [0.15, 0.2) is 42.5 Å². The second-order valence-corrected chi connectivity index (χ2v) is 7.06. The quantitative estimate of drug-likeness (QED) is 0.758. The Morgan fingerprint density at radius 2 is 1.56 bits per heavy atom. The molecule has 2 rings (SSSR count). The van der Waals surface area contributed by atoms with Crippen molar-refractivity contribution < 1.29 is 9.84 Å². The molecule has 1 N–H and O–H groups in total. The van der Waals surface area contributed by atoms with Crippen molar-refractivity contribution >= 4 is 0 Å². The molecule has 0 spiro atoms. The van der Waals surface area contributed by atoms with Gasteiger partial charge in [0.1, 0.15) is 18.1 Å². The molecule has 2 aromatic rings. The number of aromatic hydroxyl groups is 1. The third kappa shape index (κ3) is 5.79. The van der Waals surface area contributed by atoms with E-state index >= 15 is 0 Å². The molecule has 0 aromatic heterocycles. The average Bonchev–Trinajstić information content (AvgIpc) is 2.56. The second-order valence-electron chi connectivity index (χ2n) is 7.06. The lowest BCUT2D eigenvalue weighted by Gasteiger charge is -2.30. The molecule has 0 atom stereocenters. The number of rotatable bonds is 8. The predicted molar refractivity (Wildman–Crippen MR) is 104 cm³/mol. The van der Waals surface area contributed by atoms with Crippen molar-refractivity contribution in [3.63, 3.8) is 0 Å². The molecular weight excluding hydrogens is 310 g/mol. The van der Waals surface area contributed by atoms with Crippen LogP contribution in [-0.2, 0) is 6.42 Å². The van der Waals surface area contributed by atoms with E-state index in [-0.39, 0.29) is 5.75 Å². The van der Waals surface area contributed by atoms with Crippen molar-refractivity contribution in [2.45, 2.75) is 46.2 Å². The summed E-state index contributed by atoms with van der Waals surface area (Å²) in [6.45, 7) is 14.3. The molecule has 0 unspecified atom stereocenters. The largest absolute Gasteiger partial charge is 0.508 e. The number of phenolic OH excluding ortho intramolecular Hbond substituents is 1. The van der Waals surface area contributed by atoms with E-state index in [0.717, 1.165) is 24.3 Å². The molecular formula is C22H30NO2. The highest BCUT2D eigenvalue weighted by atomic mass is 16.5. The fourth-order valence-corrected chi connectivity index (χ4v) is 3.07. The topological polar surface area (TPSA) is 32.7 Å². The molecule has 0 aliphatic carbocycles. The van der Waals surface area contributed by atoms with Gasteiger partial charge in [0.15, 0.2) is 0 Å². The van der Waals surface area contributed by atoms with E-state index in [1.54, 1.807) is 6.07 Å². The van der Waals surface area contributed by atoms with Gasteiger partial charge in [-0.2, -0.15) is 0 Å². The smallest absolute Gasteiger partial charge is 0.119 e. The minimum atomic E-state index is 0.240. The molecule has 3 heteroatoms. The van der Waals surface area contributed by atoms with E-state index in [0.29, 0.717) is 24.3 Å². The molecule has 2 aromatic carbocycles. The van der Waals surface area contributed by atoms with Crippen LogP contribution in [0.25, 0.3) is 0 Å². The van der Waals surface area contributed by atoms with Crippen molar-refractivity contribution in [1.29, 1.82) is 0 Å². The van der Waals surface area contributed by atoms with Crippen LogP contribution in [0.1, 0.15) is 44.4 Å². The maximum atomic E-state index is 9.55. The van der Waals surface area contributed by atoms with Crippen LogP contribution in [0.4, 0.5) is 0 Å². The van der Waals surface area contributed by atoms with Crippen LogP contribution in [0.2, 0.25) is 0 Å². The maximum absolute atomic E-state index is 9.55. The van der Waals surface area contributed by atoms with Crippen LogP contribution in [0.3, 0.4) is 0 Å². The molecule has 3 nitrogen and oxygen atoms in total. The Morgan fingerprint density at radius 1 is 0.960 bits per heavy atom. The van der Waals surface area contributed by atoms with E-state index in [2.05, 4.69) is 51.7 Å². The van der Waals surface area contributed by atoms with E-state index in [9.17, 15) is 5.11 Å². The fraction of sp³-hybridized carbons (Fsp3) is 0.409. The Bertz CT molecular complexity index is 654. The van der Waals surface area contributed by atoms with E-state index in [1.165, 1.54) is 5.56 Å². The van der Waals surface area contributed by atoms with Crippen molar-refractivity contribution in [3.05, 3.63) is 66.1 Å². The number of phenols is 1. The van der Waals surface area contributed by atoms with Gasteiger partial charge in [-0.25, -0.2) is 0 Å². The first-order valence-corrected chi connectivity index (χ1v) is 8.98. The fourth-order valence-electron chi connectivity index (χ4n) is 3.07. The Balaban J connectivity index is 1.88. The number of hydrogen-bond donors (Lipinski definition) is 1. The first kappa shape index (κ1) is 19.3. The van der Waals surface area contributed by atoms with Gasteiger partial charge in [0.05, 0.1) is 0 Å². The highest BCUT2D eigenvalue weighted by molar-refractivity contribution is 5.40. The summed E-state index contributed by atoms with van der Waals surface area (Å²) in [5.41, 5.74) is 3.02. The molecule has 0 saturated heterocycles. The third-order valence-electron chi connectivity index (χ3n) is 4.42. The minimum Gasteiger partial charge on any atom is -0.508 e. The Morgan fingerprint density at radius 3 is 2.12 bits per heavy atom. The van der Waals surface area contributed by atoms with Gasteiger partial charge in [-0.3, -0.25) is 4.90 Å². The highest BCUT2D eigenvalue weighted by Gasteiger charge is 2.12. The summed E-state index contributed by atoms with van der Waals surface area (Å²) in [6, 6.07) is 14.8. The molecule has 1 radical (unpaired) electrons. The number of hydrogen-bond acceptors (Lipinski definition) is 3. The lowest BCUT2D eigenvalue weighted by molar-refractivity contribution is 0.142. The molecule has 0 heterocycles. The molecule has 0 aliphatic rings. The Hall–Kier alpha value is -2.00. The van der Waals surface area contributed by atoms with Gasteiger partial charge in [0, 0.05) is 18.6 Å². The van der Waals surface area contributed by atoms with Crippen LogP contribution in [-0.4, -0.2) is 35.2 Å². The van der Waals surface area contributed by atoms with Gasteiger partial charge in [0.2, 0.25) is 0 Å². The van der Waals surface area contributed by atoms with Crippen LogP contribution >= 0.6 is 0 Å². The number of nitrogens with zero attached hydrogens (tertiary/aromatic N) is 1. The Kier molecular flexibility index (Phi) is 6.89. The van der Waals surface area contributed by atoms with Crippen LogP contribution in [0.5, 0.6) is 11.5 Å². The second kappa shape index (κ2) is 8.91. The zero-order valence-electron chi connectivity index (χ0n) is 15.8. The Labute approximate surface area is 152 Å². The molecule has 0 amide bonds. The lowest BCUT2D eigenvalue weighted by Crippen LogP contribution is -2.39. The van der Waals surface area contributed by atoms with Gasteiger partial charge in [0.25, 0.3) is 0 Å². The van der Waals surface area contributed by atoms with Gasteiger partial charge in [-0.1, -0.05) is 24.3 Å². The van der Waals surface area contributed by atoms with Crippen molar-refractivity contribution in [2.24, 2.45) is 0 Å². The van der Waals surface area contributed by atoms with Crippen molar-refractivity contribution in [2.75, 3.05) is 13.2 Å². The average molecular weight is 340 g/mol. The number of ether oxygens (including phenoxy) is 1. The summed E-state index contributed by atoms with van der Waals surface area (Å²) >= 11 is 0. The van der Waals surface area contributed by atoms with Gasteiger partial charge in [-0.05, 0) is 75.9 Å². The minimum absolute atomic E-state index is 0.240. The van der Waals surface area contributed by atoms with Gasteiger partial charge < -0.3 is 9.84 Å². The van der Waals surface area contributed by atoms with Crippen LogP contribution in [0, 0.1) is 6.92 Å². The van der Waals surface area contributed by atoms with Crippen LogP contribution < -0.4 is 4.74 Å². The first-order chi connectivity index (χ1) is 11.9. The highest BCUT2D eigenvalue weighted by Crippen LogP contribution is 2.20. The first-order valence-electron chi connectivity index (χ1n) is 8.98. The summed E-state index contributed by atoms with van der Waals surface area (Å²) in [5.74, 6) is 1.14. The predicted octanol–water partition coefficient (Wildman–Crippen LogP) is 4.66. The van der Waals surface area contributed by atoms with Gasteiger partial charge >= 0.3 is 0 Å². The molecule has 25 heavy (non-hydrogen) atoms. The summed E-state index contributed by atoms with van der Waals surface area (Å²) in [6.07, 6.45) is 0.817. The van der Waals surface area contributed by atoms with Gasteiger partial charge in [-0.15, -0.1) is 0 Å². The molecule has 0 fully saturated rings. The lowest BCUT2D eigenvalue weighted by atomic mass is 10.0. The van der Waals surface area contributed by atoms with E-state index in [1.807, 2.05) is 24.3 Å². The monoisotopic (exact) mass is 340 g/mol. The zero-order valence-corrected chi connectivity index (χ0v) is 15.8. The summed E-state index contributed by atoms with van der Waals surface area (Å²) < 4.78 is 5.89. The standard InChI is InChI=1S/C22H30NO2/c1-16(2)23(17(3)4)12-13-25-21-9-6-19(7-10-21)15-20-8-11-22(24)18(5)14-20/h6-11,14,16-17,24H,5,12-13,15H2,1-4H3. The molecule has 135 valence electrons. The van der Waals surface area contributed by atoms with Crippen molar-refractivity contribution in [1.82, 2.24) is 4.90 Å². The maximum Gasteiger partial charge on any atom is 0.119 e. The van der Waals surface area contributed by atoms with E-state index < -0.39 is 0 Å². The summed E-state index contributed by atoms with van der Waals surface area (Å²) in [7, 11) is 0. The number of benzene rings is 2. The van der Waals surface area contributed by atoms with Crippen molar-refractivity contribution in [3.8, 4) is 11.5 Å².